The lowest BCUT2D eigenvalue weighted by Gasteiger charge is -1.97. The number of imidazole rings is 3. The van der Waals surface area contributed by atoms with Crippen LogP contribution in [0.3, 0.4) is 0 Å². The fourth-order valence-corrected chi connectivity index (χ4v) is 3.50. The highest BCUT2D eigenvalue weighted by Gasteiger charge is 2.07. The van der Waals surface area contributed by atoms with Crippen LogP contribution in [0.2, 0.25) is 0 Å². The molecule has 1 aromatic carbocycles. The van der Waals surface area contributed by atoms with Crippen LogP contribution in [0, 0.1) is 0 Å². The molecule has 0 aliphatic rings. The summed E-state index contributed by atoms with van der Waals surface area (Å²) in [5, 5.41) is 0. The maximum atomic E-state index is 5.08. The standard InChI is InChI=1S/C9H10N2O.C8H9N3O.C8H8N2O/c1-11-8-6-4-3-5-7(8)10-9(11)12-2;1-11-7-6(4-3-5-9-7)10-8(11)12-2;1-11-8-6-10-5-3-2-4-7(10)9-8/h3-6H,1-2H3;3-5H,1-2H3;2-6H,1H3. The van der Waals surface area contributed by atoms with Crippen molar-refractivity contribution >= 4 is 27.8 Å². The van der Waals surface area contributed by atoms with Crippen LogP contribution >= 0.6 is 0 Å². The molecule has 0 saturated heterocycles. The van der Waals surface area contributed by atoms with E-state index in [-0.39, 0.29) is 0 Å². The molecule has 6 rings (SSSR count). The second-order valence-electron chi connectivity index (χ2n) is 7.40. The van der Waals surface area contributed by atoms with E-state index in [9.17, 15) is 0 Å². The molecule has 0 aliphatic heterocycles. The first-order valence-corrected chi connectivity index (χ1v) is 10.8. The van der Waals surface area contributed by atoms with Crippen LogP contribution in [0.4, 0.5) is 0 Å². The molecule has 0 fully saturated rings. The van der Waals surface area contributed by atoms with Crippen molar-refractivity contribution in [1.29, 1.82) is 0 Å². The lowest BCUT2D eigenvalue weighted by Crippen LogP contribution is -1.94. The smallest absolute Gasteiger partial charge is 0.298 e. The lowest BCUT2D eigenvalue weighted by molar-refractivity contribution is 0.368. The van der Waals surface area contributed by atoms with Crippen LogP contribution < -0.4 is 14.2 Å². The monoisotopic (exact) mass is 473 g/mol. The largest absolute Gasteiger partial charge is 0.480 e. The van der Waals surface area contributed by atoms with Crippen LogP contribution in [0.5, 0.6) is 17.9 Å². The van der Waals surface area contributed by atoms with Gasteiger partial charge in [0, 0.05) is 26.5 Å². The van der Waals surface area contributed by atoms with E-state index in [4.69, 9.17) is 14.2 Å². The topological polar surface area (TPSA) is 93.5 Å². The Morgan fingerprint density at radius 1 is 0.686 bits per heavy atom. The first kappa shape index (κ1) is 23.6. The normalized spacial score (nSPS) is 10.4. The van der Waals surface area contributed by atoms with Crippen LogP contribution in [0.15, 0.2) is 73.2 Å². The van der Waals surface area contributed by atoms with Crippen molar-refractivity contribution < 1.29 is 14.2 Å². The van der Waals surface area contributed by atoms with E-state index < -0.39 is 0 Å². The van der Waals surface area contributed by atoms with Crippen LogP contribution in [0.1, 0.15) is 0 Å². The van der Waals surface area contributed by atoms with Gasteiger partial charge in [-0.05, 0) is 36.4 Å². The molecule has 6 aromatic rings. The molecule has 0 spiro atoms. The van der Waals surface area contributed by atoms with Crippen molar-refractivity contribution in [3.8, 4) is 17.9 Å². The Hall–Kier alpha value is -4.60. The fraction of sp³-hybridized carbons (Fsp3) is 0.200. The number of benzene rings is 1. The number of hydrogen-bond donors (Lipinski definition) is 0. The highest BCUT2D eigenvalue weighted by molar-refractivity contribution is 5.76. The summed E-state index contributed by atoms with van der Waals surface area (Å²) in [6.45, 7) is 0. The molecular formula is C25H27N7O3. The number of nitrogens with zero attached hydrogens (tertiary/aromatic N) is 7. The fourth-order valence-electron chi connectivity index (χ4n) is 3.50. The van der Waals surface area contributed by atoms with Gasteiger partial charge in [-0.1, -0.05) is 18.2 Å². The molecule has 35 heavy (non-hydrogen) atoms. The third-order valence-electron chi connectivity index (χ3n) is 5.25. The molecule has 10 nitrogen and oxygen atoms in total. The van der Waals surface area contributed by atoms with Gasteiger partial charge in [0.2, 0.25) is 5.88 Å². The van der Waals surface area contributed by atoms with Gasteiger partial charge in [-0.2, -0.15) is 15.0 Å². The van der Waals surface area contributed by atoms with Gasteiger partial charge >= 0.3 is 0 Å². The Morgan fingerprint density at radius 3 is 2.06 bits per heavy atom. The van der Waals surface area contributed by atoms with Gasteiger partial charge in [0.15, 0.2) is 5.65 Å². The van der Waals surface area contributed by atoms with Crippen molar-refractivity contribution in [2.24, 2.45) is 14.1 Å². The molecule has 0 aliphatic carbocycles. The molecular weight excluding hydrogens is 446 g/mol. The zero-order chi connectivity index (χ0) is 24.8. The molecule has 0 amide bonds. The summed E-state index contributed by atoms with van der Waals surface area (Å²) in [5.74, 6) is 0.649. The van der Waals surface area contributed by atoms with Crippen LogP contribution in [-0.4, -0.2) is 54.8 Å². The summed E-state index contributed by atoms with van der Waals surface area (Å²) in [6.07, 6.45) is 5.52. The second kappa shape index (κ2) is 10.6. The van der Waals surface area contributed by atoms with Crippen molar-refractivity contribution in [1.82, 2.24) is 33.5 Å². The third-order valence-corrected chi connectivity index (χ3v) is 5.25. The molecule has 0 bridgehead atoms. The number of methoxy groups -OCH3 is 3. The Labute approximate surface area is 202 Å². The van der Waals surface area contributed by atoms with Gasteiger partial charge in [-0.25, -0.2) is 4.98 Å². The number of fused-ring (bicyclic) bond motifs is 3. The molecule has 0 saturated carbocycles. The van der Waals surface area contributed by atoms with Gasteiger partial charge in [-0.15, -0.1) is 0 Å². The van der Waals surface area contributed by atoms with Crippen molar-refractivity contribution in [3.05, 3.63) is 73.2 Å². The lowest BCUT2D eigenvalue weighted by atomic mass is 10.3. The van der Waals surface area contributed by atoms with E-state index in [1.807, 2.05) is 94.6 Å². The molecule has 5 heterocycles. The highest BCUT2D eigenvalue weighted by Crippen LogP contribution is 2.18. The zero-order valence-electron chi connectivity index (χ0n) is 20.3. The van der Waals surface area contributed by atoms with Crippen molar-refractivity contribution in [2.45, 2.75) is 0 Å². The minimum absolute atomic E-state index is 0.587. The highest BCUT2D eigenvalue weighted by atomic mass is 16.5. The maximum absolute atomic E-state index is 5.08. The number of rotatable bonds is 3. The van der Waals surface area contributed by atoms with E-state index in [0.29, 0.717) is 17.9 Å². The van der Waals surface area contributed by atoms with Gasteiger partial charge in [0.25, 0.3) is 12.0 Å². The molecule has 10 heteroatoms. The minimum atomic E-state index is 0.587. The zero-order valence-corrected chi connectivity index (χ0v) is 20.3. The SMILES string of the molecule is COc1cn2ccccc2n1.COc1nc2ccccc2n1C.COc1nc2cccnc2n1C. The van der Waals surface area contributed by atoms with Gasteiger partial charge < -0.3 is 18.6 Å². The van der Waals surface area contributed by atoms with Gasteiger partial charge in [-0.3, -0.25) is 9.13 Å². The minimum Gasteiger partial charge on any atom is -0.480 e. The van der Waals surface area contributed by atoms with Crippen molar-refractivity contribution in [2.75, 3.05) is 21.3 Å². The summed E-state index contributed by atoms with van der Waals surface area (Å²) in [5.41, 5.74) is 4.67. The molecule has 0 unspecified atom stereocenters. The van der Waals surface area contributed by atoms with E-state index in [2.05, 4.69) is 19.9 Å². The average molecular weight is 474 g/mol. The predicted octanol–water partition coefficient (Wildman–Crippen LogP) is 3.90. The van der Waals surface area contributed by atoms with Gasteiger partial charge in [0.1, 0.15) is 11.2 Å². The van der Waals surface area contributed by atoms with Crippen LogP contribution in [0.25, 0.3) is 27.8 Å². The number of ether oxygens (including phenoxy) is 3. The first-order chi connectivity index (χ1) is 17.0. The molecule has 0 radical (unpaired) electrons. The number of hydrogen-bond acceptors (Lipinski definition) is 7. The first-order valence-electron chi connectivity index (χ1n) is 10.8. The van der Waals surface area contributed by atoms with E-state index >= 15 is 0 Å². The molecule has 5 aromatic heterocycles. The molecule has 0 atom stereocenters. The van der Waals surface area contributed by atoms with E-state index in [1.165, 1.54) is 0 Å². The van der Waals surface area contributed by atoms with Crippen molar-refractivity contribution in [3.63, 3.8) is 0 Å². The average Bonchev–Trinajstić information content (AvgIpc) is 3.58. The summed E-state index contributed by atoms with van der Waals surface area (Å²) in [6, 6.07) is 18.8. The summed E-state index contributed by atoms with van der Waals surface area (Å²) in [4.78, 5) is 16.8. The number of aryl methyl sites for hydroxylation is 2. The summed E-state index contributed by atoms with van der Waals surface area (Å²) >= 11 is 0. The van der Waals surface area contributed by atoms with Crippen LogP contribution in [-0.2, 0) is 14.1 Å². The Bertz CT molecular complexity index is 1440. The van der Waals surface area contributed by atoms with E-state index in [1.54, 1.807) is 27.5 Å². The Morgan fingerprint density at radius 2 is 1.37 bits per heavy atom. The summed E-state index contributed by atoms with van der Waals surface area (Å²) in [7, 11) is 8.65. The maximum Gasteiger partial charge on any atom is 0.298 e. The van der Waals surface area contributed by atoms with E-state index in [0.717, 1.165) is 27.8 Å². The Balaban J connectivity index is 0.000000124. The molecule has 0 N–H and O–H groups in total. The third kappa shape index (κ3) is 5.01. The summed E-state index contributed by atoms with van der Waals surface area (Å²) < 4.78 is 20.7. The Kier molecular flexibility index (Phi) is 7.10. The quantitative estimate of drug-likeness (QED) is 0.385. The number of pyridine rings is 2. The number of aromatic nitrogens is 7. The molecule has 180 valence electrons. The van der Waals surface area contributed by atoms with Gasteiger partial charge in [0.05, 0.1) is 38.6 Å². The second-order valence-corrected chi connectivity index (χ2v) is 7.40. The number of para-hydroxylation sites is 2. The predicted molar refractivity (Wildman–Crippen MR) is 134 cm³/mol.